The average Bonchev–Trinajstić information content (AvgIpc) is 2.57. The third-order valence-electron chi connectivity index (χ3n) is 3.28. The van der Waals surface area contributed by atoms with Gasteiger partial charge in [0.25, 0.3) is 0 Å². The van der Waals surface area contributed by atoms with Gasteiger partial charge >= 0.3 is 0 Å². The fraction of sp³-hybridized carbons (Fsp3) is 0.733. The fourth-order valence-corrected chi connectivity index (χ4v) is 2.25. The molecule has 18 heavy (non-hydrogen) atoms. The lowest BCUT2D eigenvalue weighted by atomic mass is 10.0. The topological polar surface area (TPSA) is 34.9 Å². The van der Waals surface area contributed by atoms with Gasteiger partial charge in [-0.3, -0.25) is 4.79 Å². The van der Waals surface area contributed by atoms with Gasteiger partial charge in [0, 0.05) is 12.1 Å². The van der Waals surface area contributed by atoms with Gasteiger partial charge in [-0.2, -0.15) is 5.10 Å². The summed E-state index contributed by atoms with van der Waals surface area (Å²) in [6, 6.07) is 0. The Balaban J connectivity index is 2.80. The van der Waals surface area contributed by atoms with Crippen molar-refractivity contribution in [2.45, 2.75) is 66.7 Å². The number of hydrogen-bond acceptors (Lipinski definition) is 2. The summed E-state index contributed by atoms with van der Waals surface area (Å²) in [5.41, 5.74) is 3.28. The Labute approximate surface area is 111 Å². The zero-order valence-corrected chi connectivity index (χ0v) is 12.4. The van der Waals surface area contributed by atoms with Crippen molar-refractivity contribution in [3.8, 4) is 0 Å². The Morgan fingerprint density at radius 2 is 1.94 bits per heavy atom. The quantitative estimate of drug-likeness (QED) is 0.717. The van der Waals surface area contributed by atoms with Crippen LogP contribution in [0.1, 0.15) is 68.2 Å². The van der Waals surface area contributed by atoms with E-state index in [0.29, 0.717) is 12.3 Å². The summed E-state index contributed by atoms with van der Waals surface area (Å²) in [6.07, 6.45) is 4.83. The number of aryl methyl sites for hydroxylation is 1. The molecule has 0 aliphatic carbocycles. The van der Waals surface area contributed by atoms with Gasteiger partial charge in [-0.25, -0.2) is 4.68 Å². The molecule has 3 heteroatoms. The van der Waals surface area contributed by atoms with E-state index in [1.54, 1.807) is 4.68 Å². The predicted molar refractivity (Wildman–Crippen MR) is 75.0 cm³/mol. The van der Waals surface area contributed by atoms with Crippen molar-refractivity contribution >= 4 is 5.91 Å². The standard InChI is InChI=1S/C15H26N2O/c1-6-7-8-9-15(18)17-13(5)14(10-11(2)3)12(4)16-17/h11H,6-10H2,1-5H3. The molecule has 0 fully saturated rings. The van der Waals surface area contributed by atoms with Crippen LogP contribution >= 0.6 is 0 Å². The molecule has 0 aliphatic rings. The smallest absolute Gasteiger partial charge is 0.247 e. The third-order valence-corrected chi connectivity index (χ3v) is 3.28. The number of carbonyl (C=O) groups is 1. The fourth-order valence-electron chi connectivity index (χ4n) is 2.25. The van der Waals surface area contributed by atoms with Gasteiger partial charge in [-0.05, 0) is 38.2 Å². The van der Waals surface area contributed by atoms with E-state index in [9.17, 15) is 4.79 Å². The number of nitrogens with zero attached hydrogens (tertiary/aromatic N) is 2. The molecular weight excluding hydrogens is 224 g/mol. The van der Waals surface area contributed by atoms with Gasteiger partial charge in [0.05, 0.1) is 5.69 Å². The number of unbranched alkanes of at least 4 members (excludes halogenated alkanes) is 2. The minimum absolute atomic E-state index is 0.138. The number of rotatable bonds is 6. The Morgan fingerprint density at radius 3 is 2.50 bits per heavy atom. The van der Waals surface area contributed by atoms with E-state index < -0.39 is 0 Å². The van der Waals surface area contributed by atoms with E-state index >= 15 is 0 Å². The van der Waals surface area contributed by atoms with Crippen molar-refractivity contribution < 1.29 is 4.79 Å². The molecule has 0 saturated heterocycles. The Kier molecular flexibility index (Phi) is 5.57. The first-order valence-electron chi connectivity index (χ1n) is 7.05. The lowest BCUT2D eigenvalue weighted by molar-refractivity contribution is 0.0880. The molecule has 3 nitrogen and oxygen atoms in total. The highest BCUT2D eigenvalue weighted by Gasteiger charge is 2.16. The summed E-state index contributed by atoms with van der Waals surface area (Å²) in [5, 5.41) is 4.41. The zero-order chi connectivity index (χ0) is 13.7. The van der Waals surface area contributed by atoms with E-state index in [1.165, 1.54) is 5.56 Å². The van der Waals surface area contributed by atoms with E-state index in [2.05, 4.69) is 25.9 Å². The minimum Gasteiger partial charge on any atom is -0.273 e. The van der Waals surface area contributed by atoms with Crippen molar-refractivity contribution in [3.05, 3.63) is 17.0 Å². The van der Waals surface area contributed by atoms with E-state index in [-0.39, 0.29) is 5.91 Å². The molecule has 0 bridgehead atoms. The number of hydrogen-bond donors (Lipinski definition) is 0. The SMILES string of the molecule is CCCCCC(=O)n1nc(C)c(CC(C)C)c1C. The zero-order valence-electron chi connectivity index (χ0n) is 12.4. The molecule has 0 aromatic carbocycles. The first kappa shape index (κ1) is 14.9. The summed E-state index contributed by atoms with van der Waals surface area (Å²) in [7, 11) is 0. The summed E-state index contributed by atoms with van der Waals surface area (Å²) < 4.78 is 1.61. The molecule has 1 rings (SSSR count). The second kappa shape index (κ2) is 6.72. The molecule has 1 aromatic rings. The Hall–Kier alpha value is -1.12. The Morgan fingerprint density at radius 1 is 1.28 bits per heavy atom. The highest BCUT2D eigenvalue weighted by Crippen LogP contribution is 2.18. The van der Waals surface area contributed by atoms with Crippen molar-refractivity contribution in [1.29, 1.82) is 0 Å². The van der Waals surface area contributed by atoms with Crippen molar-refractivity contribution in [3.63, 3.8) is 0 Å². The van der Waals surface area contributed by atoms with Crippen LogP contribution in [0.25, 0.3) is 0 Å². The molecule has 0 aliphatic heterocycles. The van der Waals surface area contributed by atoms with Gasteiger partial charge in [-0.15, -0.1) is 0 Å². The summed E-state index contributed by atoms with van der Waals surface area (Å²) in [6.45, 7) is 10.5. The molecule has 0 unspecified atom stereocenters. The normalized spacial score (nSPS) is 11.2. The van der Waals surface area contributed by atoms with Gasteiger partial charge in [-0.1, -0.05) is 33.6 Å². The van der Waals surface area contributed by atoms with Crippen LogP contribution in [0.15, 0.2) is 0 Å². The van der Waals surface area contributed by atoms with Crippen molar-refractivity contribution in [2.75, 3.05) is 0 Å². The van der Waals surface area contributed by atoms with E-state index in [4.69, 9.17) is 0 Å². The first-order chi connectivity index (χ1) is 8.47. The molecule has 0 saturated carbocycles. The molecule has 0 radical (unpaired) electrons. The maximum absolute atomic E-state index is 12.1. The van der Waals surface area contributed by atoms with Gasteiger partial charge in [0.1, 0.15) is 0 Å². The van der Waals surface area contributed by atoms with Gasteiger partial charge in [0.15, 0.2) is 0 Å². The van der Waals surface area contributed by atoms with Crippen LogP contribution in [0.4, 0.5) is 0 Å². The third kappa shape index (κ3) is 3.69. The lowest BCUT2D eigenvalue weighted by Crippen LogP contribution is -2.14. The molecule has 102 valence electrons. The van der Waals surface area contributed by atoms with E-state index in [1.807, 2.05) is 13.8 Å². The molecule has 1 heterocycles. The summed E-state index contributed by atoms with van der Waals surface area (Å²) >= 11 is 0. The lowest BCUT2D eigenvalue weighted by Gasteiger charge is -2.06. The molecule has 0 amide bonds. The number of carbonyl (C=O) groups excluding carboxylic acids is 1. The Bertz CT molecular complexity index is 405. The largest absolute Gasteiger partial charge is 0.273 e. The van der Waals surface area contributed by atoms with Crippen LogP contribution in [0.3, 0.4) is 0 Å². The molecule has 1 aromatic heterocycles. The van der Waals surface area contributed by atoms with Crippen molar-refractivity contribution in [1.82, 2.24) is 9.78 Å². The molecule has 0 N–H and O–H groups in total. The molecule has 0 atom stereocenters. The van der Waals surface area contributed by atoms with Crippen LogP contribution < -0.4 is 0 Å². The maximum atomic E-state index is 12.1. The highest BCUT2D eigenvalue weighted by molar-refractivity contribution is 5.79. The first-order valence-corrected chi connectivity index (χ1v) is 7.05. The maximum Gasteiger partial charge on any atom is 0.247 e. The molecular formula is C15H26N2O. The minimum atomic E-state index is 0.138. The van der Waals surface area contributed by atoms with Crippen LogP contribution in [0, 0.1) is 19.8 Å². The second-order valence-corrected chi connectivity index (χ2v) is 5.51. The molecule has 0 spiro atoms. The summed E-state index contributed by atoms with van der Waals surface area (Å²) in [5.74, 6) is 0.731. The predicted octanol–water partition coefficient (Wildman–Crippen LogP) is 3.92. The van der Waals surface area contributed by atoms with Crippen LogP contribution in [0.2, 0.25) is 0 Å². The van der Waals surface area contributed by atoms with Gasteiger partial charge < -0.3 is 0 Å². The van der Waals surface area contributed by atoms with Crippen molar-refractivity contribution in [2.24, 2.45) is 5.92 Å². The van der Waals surface area contributed by atoms with E-state index in [0.717, 1.165) is 37.1 Å². The monoisotopic (exact) mass is 250 g/mol. The number of aromatic nitrogens is 2. The van der Waals surface area contributed by atoms with Crippen LogP contribution in [-0.4, -0.2) is 15.7 Å². The van der Waals surface area contributed by atoms with Crippen LogP contribution in [0.5, 0.6) is 0 Å². The summed E-state index contributed by atoms with van der Waals surface area (Å²) in [4.78, 5) is 12.1. The second-order valence-electron chi connectivity index (χ2n) is 5.51. The average molecular weight is 250 g/mol. The van der Waals surface area contributed by atoms with Gasteiger partial charge in [0.2, 0.25) is 5.91 Å². The van der Waals surface area contributed by atoms with Crippen LogP contribution in [-0.2, 0) is 6.42 Å². The highest BCUT2D eigenvalue weighted by atomic mass is 16.2.